The van der Waals surface area contributed by atoms with E-state index in [2.05, 4.69) is 19.9 Å². The number of hydrogen-bond donors (Lipinski definition) is 0. The predicted octanol–water partition coefficient (Wildman–Crippen LogP) is 2.93. The van der Waals surface area contributed by atoms with Crippen LogP contribution in [0.25, 0.3) is 21.7 Å². The standard InChI is InChI=1S/C23H28N6O6S2/c1-22(2,3)19(31)33-11-29-18(30)14-17(27-20(29)25-10-28(6)7)24-8-12(26-14)15-16(37-21(32)36-15)13-9-34-23(4,5)35-13/h8,10,13H,9,11H2,1-7H3/b25-10+. The Morgan fingerprint density at radius 1 is 1.30 bits per heavy atom. The van der Waals surface area contributed by atoms with Crippen LogP contribution in [0.2, 0.25) is 0 Å². The van der Waals surface area contributed by atoms with Crippen molar-refractivity contribution in [3.8, 4) is 10.6 Å². The molecule has 1 saturated heterocycles. The molecule has 3 aromatic rings. The number of aliphatic imine (C=N–C) groups is 1. The number of rotatable bonds is 6. The van der Waals surface area contributed by atoms with Crippen molar-refractivity contribution < 1.29 is 19.0 Å². The van der Waals surface area contributed by atoms with Crippen LogP contribution in [0.3, 0.4) is 0 Å². The molecule has 0 N–H and O–H groups in total. The number of carbonyl (C=O) groups is 1. The SMILES string of the molecule is CN(C)/C=N/c1nc2ncc(-c3sc(=O)sc3C3COC(C)(C)O3)nc2c(=O)n1COC(=O)C(C)(C)C. The number of fused-ring (bicyclic) bond motifs is 1. The van der Waals surface area contributed by atoms with Gasteiger partial charge in [-0.1, -0.05) is 22.7 Å². The molecule has 1 aliphatic heterocycles. The first-order chi connectivity index (χ1) is 17.2. The number of carbonyl (C=O) groups excluding carboxylic acids is 1. The van der Waals surface area contributed by atoms with Crippen LogP contribution in [-0.4, -0.2) is 63.2 Å². The lowest BCUT2D eigenvalue weighted by Crippen LogP contribution is -2.29. The monoisotopic (exact) mass is 548 g/mol. The maximum absolute atomic E-state index is 13.5. The Hall–Kier alpha value is -3.07. The zero-order chi connectivity index (χ0) is 27.1. The van der Waals surface area contributed by atoms with Gasteiger partial charge in [-0.3, -0.25) is 14.4 Å². The Bertz CT molecular complexity index is 1480. The molecule has 1 aliphatic rings. The van der Waals surface area contributed by atoms with Crippen LogP contribution in [0.4, 0.5) is 5.95 Å². The van der Waals surface area contributed by atoms with Crippen molar-refractivity contribution in [1.29, 1.82) is 0 Å². The topological polar surface area (TPSA) is 138 Å². The van der Waals surface area contributed by atoms with E-state index in [0.717, 1.165) is 27.2 Å². The number of hydrogen-bond acceptors (Lipinski definition) is 12. The molecule has 37 heavy (non-hydrogen) atoms. The normalized spacial score (nSPS) is 17.5. The second-order valence-electron chi connectivity index (χ2n) is 10.1. The van der Waals surface area contributed by atoms with Crippen molar-refractivity contribution in [1.82, 2.24) is 24.4 Å². The molecule has 1 atom stereocenters. The third-order valence-electron chi connectivity index (χ3n) is 5.13. The molecule has 0 aromatic carbocycles. The van der Waals surface area contributed by atoms with Crippen LogP contribution in [0, 0.1) is 5.41 Å². The summed E-state index contributed by atoms with van der Waals surface area (Å²) in [7, 11) is 3.53. The van der Waals surface area contributed by atoms with Crippen molar-refractivity contribution in [2.75, 3.05) is 20.7 Å². The quantitative estimate of drug-likeness (QED) is 0.257. The third-order valence-corrected chi connectivity index (χ3v) is 7.41. The minimum Gasteiger partial charge on any atom is -0.443 e. The fourth-order valence-electron chi connectivity index (χ4n) is 3.31. The summed E-state index contributed by atoms with van der Waals surface area (Å²) >= 11 is 2.06. The Morgan fingerprint density at radius 2 is 2.03 bits per heavy atom. The Balaban J connectivity index is 1.80. The van der Waals surface area contributed by atoms with Crippen molar-refractivity contribution >= 4 is 52.1 Å². The zero-order valence-corrected chi connectivity index (χ0v) is 23.2. The average Bonchev–Trinajstić information content (AvgIpc) is 3.37. The van der Waals surface area contributed by atoms with Gasteiger partial charge in [-0.25, -0.2) is 19.5 Å². The van der Waals surface area contributed by atoms with Crippen LogP contribution < -0.4 is 9.62 Å². The number of ether oxygens (including phenoxy) is 3. The van der Waals surface area contributed by atoms with E-state index in [1.54, 1.807) is 53.6 Å². The van der Waals surface area contributed by atoms with Crippen molar-refractivity contribution in [2.45, 2.75) is 53.2 Å². The Morgan fingerprint density at radius 3 is 2.65 bits per heavy atom. The molecular weight excluding hydrogens is 520 g/mol. The van der Waals surface area contributed by atoms with Gasteiger partial charge in [0.1, 0.15) is 11.8 Å². The smallest absolute Gasteiger partial charge is 0.312 e. The minimum atomic E-state index is -0.777. The van der Waals surface area contributed by atoms with E-state index in [1.807, 2.05) is 0 Å². The van der Waals surface area contributed by atoms with Gasteiger partial charge in [-0.05, 0) is 34.6 Å². The summed E-state index contributed by atoms with van der Waals surface area (Å²) in [6, 6.07) is 0. The molecule has 0 saturated carbocycles. The summed E-state index contributed by atoms with van der Waals surface area (Å²) in [6.07, 6.45) is 2.49. The highest BCUT2D eigenvalue weighted by molar-refractivity contribution is 7.29. The van der Waals surface area contributed by atoms with E-state index in [0.29, 0.717) is 15.4 Å². The fourth-order valence-corrected chi connectivity index (χ4v) is 5.47. The zero-order valence-electron chi connectivity index (χ0n) is 21.6. The van der Waals surface area contributed by atoms with Gasteiger partial charge in [0.25, 0.3) is 9.62 Å². The maximum Gasteiger partial charge on any atom is 0.312 e. The summed E-state index contributed by atoms with van der Waals surface area (Å²) in [5.74, 6) is -1.26. The number of nitrogens with zero attached hydrogens (tertiary/aromatic N) is 6. The lowest BCUT2D eigenvalue weighted by atomic mass is 9.98. The predicted molar refractivity (Wildman–Crippen MR) is 140 cm³/mol. The Labute approximate surface area is 220 Å². The van der Waals surface area contributed by atoms with Gasteiger partial charge in [-0.15, -0.1) is 0 Å². The molecule has 3 aromatic heterocycles. The number of aromatic nitrogens is 4. The molecule has 4 rings (SSSR count). The first-order valence-electron chi connectivity index (χ1n) is 11.4. The van der Waals surface area contributed by atoms with Crippen molar-refractivity contribution in [3.05, 3.63) is 30.3 Å². The molecule has 0 bridgehead atoms. The average molecular weight is 549 g/mol. The first-order valence-corrected chi connectivity index (χ1v) is 13.0. The molecule has 0 aliphatic carbocycles. The maximum atomic E-state index is 13.5. The molecule has 198 valence electrons. The minimum absolute atomic E-state index is 0.00887. The van der Waals surface area contributed by atoms with Gasteiger partial charge in [-0.2, -0.15) is 4.98 Å². The number of esters is 1. The molecule has 1 unspecified atom stereocenters. The summed E-state index contributed by atoms with van der Waals surface area (Å²) in [5.41, 5.74) is -0.988. The summed E-state index contributed by atoms with van der Waals surface area (Å²) in [4.78, 5) is 58.6. The van der Waals surface area contributed by atoms with E-state index in [9.17, 15) is 14.4 Å². The van der Waals surface area contributed by atoms with E-state index >= 15 is 0 Å². The van der Waals surface area contributed by atoms with Crippen LogP contribution in [0.15, 0.2) is 20.8 Å². The molecule has 4 heterocycles. The summed E-state index contributed by atoms with van der Waals surface area (Å²) in [6.45, 7) is 8.62. The third kappa shape index (κ3) is 5.92. The van der Waals surface area contributed by atoms with E-state index in [4.69, 9.17) is 14.2 Å². The van der Waals surface area contributed by atoms with Crippen LogP contribution in [0.5, 0.6) is 0 Å². The lowest BCUT2D eigenvalue weighted by Gasteiger charge is -2.18. The lowest BCUT2D eigenvalue weighted by molar-refractivity contribution is -0.157. The van der Waals surface area contributed by atoms with E-state index in [-0.39, 0.29) is 27.8 Å². The summed E-state index contributed by atoms with van der Waals surface area (Å²) in [5, 5.41) is 0. The molecule has 12 nitrogen and oxygen atoms in total. The fraction of sp³-hybridized carbons (Fsp3) is 0.522. The first kappa shape index (κ1) is 27.0. The van der Waals surface area contributed by atoms with Crippen LogP contribution in [-0.2, 0) is 25.7 Å². The van der Waals surface area contributed by atoms with Gasteiger partial charge in [0.15, 0.2) is 23.7 Å². The van der Waals surface area contributed by atoms with Crippen LogP contribution >= 0.6 is 22.7 Å². The van der Waals surface area contributed by atoms with Crippen molar-refractivity contribution in [3.63, 3.8) is 0 Å². The van der Waals surface area contributed by atoms with E-state index < -0.39 is 35.6 Å². The highest BCUT2D eigenvalue weighted by Gasteiger charge is 2.36. The van der Waals surface area contributed by atoms with Gasteiger partial charge < -0.3 is 19.1 Å². The van der Waals surface area contributed by atoms with Gasteiger partial charge in [0, 0.05) is 14.1 Å². The second-order valence-corrected chi connectivity index (χ2v) is 12.3. The highest BCUT2D eigenvalue weighted by Crippen LogP contribution is 2.40. The van der Waals surface area contributed by atoms with Gasteiger partial charge in [0.2, 0.25) is 5.95 Å². The molecule has 0 radical (unpaired) electrons. The molecule has 1 fully saturated rings. The van der Waals surface area contributed by atoms with Crippen LogP contribution in [0.1, 0.15) is 45.6 Å². The van der Waals surface area contributed by atoms with E-state index in [1.165, 1.54) is 12.5 Å². The molecule has 0 spiro atoms. The van der Waals surface area contributed by atoms with Crippen molar-refractivity contribution in [2.24, 2.45) is 10.4 Å². The van der Waals surface area contributed by atoms with Gasteiger partial charge in [0.05, 0.1) is 34.3 Å². The second kappa shape index (κ2) is 10.0. The largest absolute Gasteiger partial charge is 0.443 e. The highest BCUT2D eigenvalue weighted by atomic mass is 32.2. The molecule has 0 amide bonds. The molecule has 14 heteroatoms. The Kier molecular flexibility index (Phi) is 7.29. The summed E-state index contributed by atoms with van der Waals surface area (Å²) < 4.78 is 18.0. The van der Waals surface area contributed by atoms with Gasteiger partial charge >= 0.3 is 5.97 Å². The molecular formula is C23H28N6O6S2.